The topological polar surface area (TPSA) is 45.2 Å². The standard InChI is InChI=1S/C16H19N3OS/c1-12-5-2-3-6-13(12)15-18-14(11-21-15)16(20)19-9-4-7-17-8-10-19/h2-3,5-6,11,17H,4,7-10H2,1H3. The molecule has 0 bridgehead atoms. The van der Waals surface area contributed by atoms with Crippen LogP contribution in [0.3, 0.4) is 0 Å². The first-order valence-electron chi connectivity index (χ1n) is 7.27. The van der Waals surface area contributed by atoms with Crippen LogP contribution < -0.4 is 5.32 Å². The lowest BCUT2D eigenvalue weighted by Crippen LogP contribution is -2.34. The summed E-state index contributed by atoms with van der Waals surface area (Å²) in [5.41, 5.74) is 2.86. The third-order valence-corrected chi connectivity index (χ3v) is 4.60. The molecule has 2 aromatic rings. The molecule has 0 unspecified atom stereocenters. The van der Waals surface area contributed by atoms with Crippen LogP contribution in [0.5, 0.6) is 0 Å². The molecule has 0 aliphatic carbocycles. The summed E-state index contributed by atoms with van der Waals surface area (Å²) in [6, 6.07) is 8.14. The molecule has 1 aromatic carbocycles. The molecule has 0 atom stereocenters. The Morgan fingerprint density at radius 1 is 1.29 bits per heavy atom. The van der Waals surface area contributed by atoms with Gasteiger partial charge in [0.15, 0.2) is 0 Å². The summed E-state index contributed by atoms with van der Waals surface area (Å²) < 4.78 is 0. The molecule has 1 aliphatic heterocycles. The third-order valence-electron chi connectivity index (χ3n) is 3.73. The molecule has 3 rings (SSSR count). The molecule has 1 amide bonds. The van der Waals surface area contributed by atoms with Gasteiger partial charge in [0.2, 0.25) is 0 Å². The number of hydrogen-bond donors (Lipinski definition) is 1. The maximum atomic E-state index is 12.5. The van der Waals surface area contributed by atoms with Crippen molar-refractivity contribution in [3.8, 4) is 10.6 Å². The molecule has 0 spiro atoms. The molecule has 1 N–H and O–H groups in total. The van der Waals surface area contributed by atoms with E-state index in [-0.39, 0.29) is 5.91 Å². The lowest BCUT2D eigenvalue weighted by Gasteiger charge is -2.18. The molecule has 1 fully saturated rings. The highest BCUT2D eigenvalue weighted by atomic mass is 32.1. The first-order chi connectivity index (χ1) is 10.3. The molecule has 1 saturated heterocycles. The number of rotatable bonds is 2. The van der Waals surface area contributed by atoms with E-state index in [1.807, 2.05) is 22.4 Å². The highest BCUT2D eigenvalue weighted by Gasteiger charge is 2.20. The van der Waals surface area contributed by atoms with Crippen LogP contribution in [0.4, 0.5) is 0 Å². The molecule has 5 heteroatoms. The van der Waals surface area contributed by atoms with Gasteiger partial charge in [-0.25, -0.2) is 4.98 Å². The number of nitrogens with zero attached hydrogens (tertiary/aromatic N) is 2. The van der Waals surface area contributed by atoms with Crippen LogP contribution in [-0.2, 0) is 0 Å². The van der Waals surface area contributed by atoms with Gasteiger partial charge in [-0.1, -0.05) is 24.3 Å². The molecule has 110 valence electrons. The van der Waals surface area contributed by atoms with E-state index >= 15 is 0 Å². The van der Waals surface area contributed by atoms with Gasteiger partial charge in [0.1, 0.15) is 10.7 Å². The van der Waals surface area contributed by atoms with Gasteiger partial charge in [-0.15, -0.1) is 11.3 Å². The van der Waals surface area contributed by atoms with E-state index in [4.69, 9.17) is 0 Å². The van der Waals surface area contributed by atoms with Gasteiger partial charge in [0.05, 0.1) is 0 Å². The minimum absolute atomic E-state index is 0.0507. The quantitative estimate of drug-likeness (QED) is 0.927. The van der Waals surface area contributed by atoms with Crippen molar-refractivity contribution < 1.29 is 4.79 Å². The Morgan fingerprint density at radius 2 is 2.14 bits per heavy atom. The molecular formula is C16H19N3OS. The zero-order valence-corrected chi connectivity index (χ0v) is 12.9. The fourth-order valence-electron chi connectivity index (χ4n) is 2.52. The van der Waals surface area contributed by atoms with Gasteiger partial charge in [0, 0.05) is 30.6 Å². The first kappa shape index (κ1) is 14.2. The van der Waals surface area contributed by atoms with Crippen LogP contribution in [0, 0.1) is 6.92 Å². The lowest BCUT2D eigenvalue weighted by molar-refractivity contribution is 0.0761. The minimum Gasteiger partial charge on any atom is -0.336 e. The summed E-state index contributed by atoms with van der Waals surface area (Å²) in [7, 11) is 0. The number of carbonyl (C=O) groups is 1. The number of amides is 1. The van der Waals surface area contributed by atoms with Crippen molar-refractivity contribution in [1.29, 1.82) is 0 Å². The van der Waals surface area contributed by atoms with Gasteiger partial charge in [-0.2, -0.15) is 0 Å². The van der Waals surface area contributed by atoms with Gasteiger partial charge in [0.25, 0.3) is 5.91 Å². The van der Waals surface area contributed by atoms with Crippen molar-refractivity contribution in [2.75, 3.05) is 26.2 Å². The molecule has 1 aromatic heterocycles. The Balaban J connectivity index is 1.81. The maximum absolute atomic E-state index is 12.5. The normalized spacial score (nSPS) is 15.8. The van der Waals surface area contributed by atoms with Crippen molar-refractivity contribution in [3.63, 3.8) is 0 Å². The fraction of sp³-hybridized carbons (Fsp3) is 0.375. The second-order valence-electron chi connectivity index (χ2n) is 5.25. The fourth-order valence-corrected chi connectivity index (χ4v) is 3.40. The summed E-state index contributed by atoms with van der Waals surface area (Å²) in [6.45, 7) is 5.48. The summed E-state index contributed by atoms with van der Waals surface area (Å²) >= 11 is 1.54. The Bertz CT molecular complexity index is 630. The molecule has 21 heavy (non-hydrogen) atoms. The minimum atomic E-state index is 0.0507. The smallest absolute Gasteiger partial charge is 0.273 e. The highest BCUT2D eigenvalue weighted by Crippen LogP contribution is 2.27. The van der Waals surface area contributed by atoms with Crippen LogP contribution in [0.25, 0.3) is 10.6 Å². The second-order valence-corrected chi connectivity index (χ2v) is 6.11. The summed E-state index contributed by atoms with van der Waals surface area (Å²) in [6.07, 6.45) is 1.00. The maximum Gasteiger partial charge on any atom is 0.273 e. The number of carbonyl (C=O) groups excluding carboxylic acids is 1. The predicted octanol–water partition coefficient (Wildman–Crippen LogP) is 2.55. The van der Waals surface area contributed by atoms with E-state index in [1.165, 1.54) is 5.56 Å². The number of thiazole rings is 1. The van der Waals surface area contributed by atoms with Crippen LogP contribution in [0.2, 0.25) is 0 Å². The molecule has 4 nitrogen and oxygen atoms in total. The summed E-state index contributed by atoms with van der Waals surface area (Å²) in [4.78, 5) is 19.0. The van der Waals surface area contributed by atoms with Crippen molar-refractivity contribution >= 4 is 17.2 Å². The number of nitrogens with one attached hydrogen (secondary N) is 1. The average Bonchev–Trinajstić information content (AvgIpc) is 2.82. The SMILES string of the molecule is Cc1ccccc1-c1nc(C(=O)N2CCCNCC2)cs1. The van der Waals surface area contributed by atoms with E-state index < -0.39 is 0 Å². The lowest BCUT2D eigenvalue weighted by atomic mass is 10.1. The van der Waals surface area contributed by atoms with E-state index in [9.17, 15) is 4.79 Å². The Labute approximate surface area is 128 Å². The number of hydrogen-bond acceptors (Lipinski definition) is 4. The Morgan fingerprint density at radius 3 is 3.00 bits per heavy atom. The van der Waals surface area contributed by atoms with Crippen LogP contribution in [-0.4, -0.2) is 42.0 Å². The van der Waals surface area contributed by atoms with E-state index in [1.54, 1.807) is 11.3 Å². The largest absolute Gasteiger partial charge is 0.336 e. The Hall–Kier alpha value is -1.72. The van der Waals surface area contributed by atoms with Crippen LogP contribution in [0.1, 0.15) is 22.5 Å². The van der Waals surface area contributed by atoms with Crippen molar-refractivity contribution in [2.24, 2.45) is 0 Å². The predicted molar refractivity (Wildman–Crippen MR) is 85.7 cm³/mol. The van der Waals surface area contributed by atoms with E-state index in [0.29, 0.717) is 5.69 Å². The molecule has 2 heterocycles. The molecule has 0 saturated carbocycles. The zero-order chi connectivity index (χ0) is 14.7. The van der Waals surface area contributed by atoms with Gasteiger partial charge in [-0.05, 0) is 25.5 Å². The number of benzene rings is 1. The van der Waals surface area contributed by atoms with Crippen molar-refractivity contribution in [3.05, 3.63) is 40.9 Å². The summed E-state index contributed by atoms with van der Waals surface area (Å²) in [5.74, 6) is 0.0507. The van der Waals surface area contributed by atoms with Crippen molar-refractivity contribution in [2.45, 2.75) is 13.3 Å². The average molecular weight is 301 g/mol. The Kier molecular flexibility index (Phi) is 4.31. The molecule has 1 aliphatic rings. The first-order valence-corrected chi connectivity index (χ1v) is 8.15. The van der Waals surface area contributed by atoms with Crippen molar-refractivity contribution in [1.82, 2.24) is 15.2 Å². The van der Waals surface area contributed by atoms with Gasteiger partial charge in [-0.3, -0.25) is 4.79 Å². The third kappa shape index (κ3) is 3.14. The molecular weight excluding hydrogens is 282 g/mol. The molecule has 0 radical (unpaired) electrons. The zero-order valence-electron chi connectivity index (χ0n) is 12.1. The number of aryl methyl sites for hydroxylation is 1. The van der Waals surface area contributed by atoms with Crippen LogP contribution >= 0.6 is 11.3 Å². The van der Waals surface area contributed by atoms with E-state index in [0.717, 1.165) is 43.2 Å². The second kappa shape index (κ2) is 6.37. The monoisotopic (exact) mass is 301 g/mol. The van der Waals surface area contributed by atoms with Crippen LogP contribution in [0.15, 0.2) is 29.6 Å². The highest BCUT2D eigenvalue weighted by molar-refractivity contribution is 7.13. The van der Waals surface area contributed by atoms with E-state index in [2.05, 4.69) is 29.4 Å². The number of aromatic nitrogens is 1. The van der Waals surface area contributed by atoms with Gasteiger partial charge >= 0.3 is 0 Å². The summed E-state index contributed by atoms with van der Waals surface area (Å²) in [5, 5.41) is 6.11. The van der Waals surface area contributed by atoms with Gasteiger partial charge < -0.3 is 10.2 Å².